The summed E-state index contributed by atoms with van der Waals surface area (Å²) < 4.78 is 0. The van der Waals surface area contributed by atoms with E-state index in [0.717, 1.165) is 12.8 Å². The molecule has 12 heavy (non-hydrogen) atoms. The Labute approximate surface area is 75.2 Å². The van der Waals surface area contributed by atoms with Crippen LogP contribution in [0.2, 0.25) is 0 Å². The van der Waals surface area contributed by atoms with Gasteiger partial charge in [-0.1, -0.05) is 32.9 Å². The minimum Gasteiger partial charge on any atom is -0.252 e. The number of hydrogen-bond acceptors (Lipinski definition) is 2. The summed E-state index contributed by atoms with van der Waals surface area (Å²) in [6.07, 6.45) is 1.93. The van der Waals surface area contributed by atoms with Crippen LogP contribution < -0.4 is 0 Å². The topological polar surface area (TPSA) is 29.5 Å². The zero-order valence-electron chi connectivity index (χ0n) is 8.34. The van der Waals surface area contributed by atoms with E-state index in [0.29, 0.717) is 18.4 Å². The molecule has 0 rings (SSSR count). The van der Waals surface area contributed by atoms with Gasteiger partial charge in [-0.3, -0.25) is 5.26 Å². The molecule has 1 atom stereocenters. The van der Waals surface area contributed by atoms with Crippen molar-refractivity contribution in [2.24, 2.45) is 11.8 Å². The van der Waals surface area contributed by atoms with Gasteiger partial charge < -0.3 is 0 Å². The van der Waals surface area contributed by atoms with Gasteiger partial charge in [0.2, 0.25) is 0 Å². The summed E-state index contributed by atoms with van der Waals surface area (Å²) in [6, 6.07) is 0. The lowest BCUT2D eigenvalue weighted by atomic mass is 9.87. The van der Waals surface area contributed by atoms with E-state index in [-0.39, 0.29) is 0 Å². The molecule has 0 amide bonds. The van der Waals surface area contributed by atoms with E-state index < -0.39 is 0 Å². The smallest absolute Gasteiger partial charge is 0.0825 e. The van der Waals surface area contributed by atoms with Crippen molar-refractivity contribution in [2.45, 2.75) is 33.6 Å². The van der Waals surface area contributed by atoms with E-state index in [4.69, 9.17) is 5.26 Å². The fraction of sp³-hybridized carbons (Fsp3) is 0.800. The Balaban J connectivity index is 3.88. The molecule has 0 aromatic carbocycles. The van der Waals surface area contributed by atoms with Crippen molar-refractivity contribution in [2.75, 3.05) is 6.61 Å². The number of allylic oxidation sites excluding steroid dienone is 1. The van der Waals surface area contributed by atoms with Crippen LogP contribution in [-0.4, -0.2) is 11.9 Å². The lowest BCUT2D eigenvalue weighted by Gasteiger charge is -2.19. The fourth-order valence-electron chi connectivity index (χ4n) is 1.32. The molecule has 0 saturated heterocycles. The van der Waals surface area contributed by atoms with E-state index in [1.54, 1.807) is 0 Å². The van der Waals surface area contributed by atoms with Gasteiger partial charge in [0.1, 0.15) is 0 Å². The second-order valence-electron chi connectivity index (χ2n) is 3.46. The van der Waals surface area contributed by atoms with Crippen molar-refractivity contribution in [3.05, 3.63) is 12.2 Å². The summed E-state index contributed by atoms with van der Waals surface area (Å²) in [5.74, 6) is 1.01. The van der Waals surface area contributed by atoms with Crippen LogP contribution in [0.4, 0.5) is 0 Å². The molecule has 0 fully saturated rings. The van der Waals surface area contributed by atoms with Gasteiger partial charge in [-0.15, -0.1) is 0 Å². The summed E-state index contributed by atoms with van der Waals surface area (Å²) >= 11 is 0. The van der Waals surface area contributed by atoms with Crippen LogP contribution in [-0.2, 0) is 4.89 Å². The second kappa shape index (κ2) is 6.21. The summed E-state index contributed by atoms with van der Waals surface area (Å²) in [6.45, 7) is 10.9. The third kappa shape index (κ3) is 3.88. The van der Waals surface area contributed by atoms with E-state index >= 15 is 0 Å². The largest absolute Gasteiger partial charge is 0.252 e. The quantitative estimate of drug-likeness (QED) is 0.379. The molecule has 0 saturated carbocycles. The molecule has 0 radical (unpaired) electrons. The molecule has 0 aromatic heterocycles. The summed E-state index contributed by atoms with van der Waals surface area (Å²) in [4.78, 5) is 4.06. The molecule has 0 spiro atoms. The maximum Gasteiger partial charge on any atom is 0.0825 e. The average molecular weight is 172 g/mol. The highest BCUT2D eigenvalue weighted by molar-refractivity contribution is 5.02. The molecule has 2 nitrogen and oxygen atoms in total. The van der Waals surface area contributed by atoms with Gasteiger partial charge >= 0.3 is 0 Å². The second-order valence-corrected chi connectivity index (χ2v) is 3.46. The van der Waals surface area contributed by atoms with Crippen LogP contribution in [0.15, 0.2) is 12.2 Å². The van der Waals surface area contributed by atoms with Crippen molar-refractivity contribution in [3.63, 3.8) is 0 Å². The van der Waals surface area contributed by atoms with Crippen LogP contribution in [0.3, 0.4) is 0 Å². The molecule has 0 aromatic rings. The number of hydrogen-bond donors (Lipinski definition) is 1. The molecule has 0 aliphatic carbocycles. The first-order valence-electron chi connectivity index (χ1n) is 4.58. The highest BCUT2D eigenvalue weighted by Gasteiger charge is 2.12. The van der Waals surface area contributed by atoms with E-state index in [1.165, 1.54) is 5.57 Å². The van der Waals surface area contributed by atoms with Crippen LogP contribution in [0.5, 0.6) is 0 Å². The van der Waals surface area contributed by atoms with Crippen molar-refractivity contribution in [1.29, 1.82) is 0 Å². The monoisotopic (exact) mass is 172 g/mol. The lowest BCUT2D eigenvalue weighted by molar-refractivity contribution is -0.244. The fourth-order valence-corrected chi connectivity index (χ4v) is 1.32. The van der Waals surface area contributed by atoms with Gasteiger partial charge in [0.15, 0.2) is 0 Å². The molecular formula is C10H20O2. The normalized spacial score (nSPS) is 13.4. The van der Waals surface area contributed by atoms with Crippen LogP contribution in [0, 0.1) is 11.8 Å². The minimum absolute atomic E-state index is 0.407. The predicted molar refractivity (Wildman–Crippen MR) is 51.0 cm³/mol. The van der Waals surface area contributed by atoms with Gasteiger partial charge in [-0.05, 0) is 24.7 Å². The standard InChI is InChI=1S/C10H20O2/c1-5-10(6-7-12-11)9(4)8(2)3/h8,10-11H,4-7H2,1-3H3. The first kappa shape index (κ1) is 11.7. The van der Waals surface area contributed by atoms with Gasteiger partial charge in [-0.25, -0.2) is 4.89 Å². The molecule has 0 aliphatic rings. The van der Waals surface area contributed by atoms with Crippen molar-refractivity contribution in [3.8, 4) is 0 Å². The first-order valence-corrected chi connectivity index (χ1v) is 4.58. The Morgan fingerprint density at radius 1 is 1.50 bits per heavy atom. The third-order valence-corrected chi connectivity index (χ3v) is 2.32. The van der Waals surface area contributed by atoms with E-state index in [1.807, 2.05) is 0 Å². The summed E-state index contributed by atoms with van der Waals surface area (Å²) in [7, 11) is 0. The van der Waals surface area contributed by atoms with Crippen molar-refractivity contribution in [1.82, 2.24) is 0 Å². The van der Waals surface area contributed by atoms with Crippen molar-refractivity contribution >= 4 is 0 Å². The lowest BCUT2D eigenvalue weighted by Crippen LogP contribution is -2.10. The minimum atomic E-state index is 0.407. The van der Waals surface area contributed by atoms with Crippen LogP contribution >= 0.6 is 0 Å². The SMILES string of the molecule is C=C(C(C)C)C(CC)CCOO. The first-order chi connectivity index (χ1) is 5.63. The van der Waals surface area contributed by atoms with Gasteiger partial charge in [0.05, 0.1) is 6.61 Å². The average Bonchev–Trinajstić information content (AvgIpc) is 2.05. The molecule has 72 valence electrons. The Hall–Kier alpha value is -0.340. The maximum atomic E-state index is 8.20. The van der Waals surface area contributed by atoms with Gasteiger partial charge in [-0.2, -0.15) is 0 Å². The van der Waals surface area contributed by atoms with E-state index in [2.05, 4.69) is 32.2 Å². The zero-order valence-corrected chi connectivity index (χ0v) is 8.34. The Kier molecular flexibility index (Phi) is 6.03. The predicted octanol–water partition coefficient (Wildman–Crippen LogP) is 3.10. The molecule has 2 heteroatoms. The summed E-state index contributed by atoms with van der Waals surface area (Å²) in [5, 5.41) is 8.20. The van der Waals surface area contributed by atoms with Crippen LogP contribution in [0.25, 0.3) is 0 Å². The van der Waals surface area contributed by atoms with Gasteiger partial charge in [0.25, 0.3) is 0 Å². The molecule has 1 N–H and O–H groups in total. The Morgan fingerprint density at radius 2 is 2.08 bits per heavy atom. The number of rotatable bonds is 6. The molecular weight excluding hydrogens is 152 g/mol. The third-order valence-electron chi connectivity index (χ3n) is 2.32. The summed E-state index contributed by atoms with van der Waals surface area (Å²) in [5.41, 5.74) is 1.26. The highest BCUT2D eigenvalue weighted by Crippen LogP contribution is 2.23. The molecule has 0 bridgehead atoms. The highest BCUT2D eigenvalue weighted by atomic mass is 17.1. The van der Waals surface area contributed by atoms with Crippen LogP contribution in [0.1, 0.15) is 33.6 Å². The Bertz CT molecular complexity index is 130. The maximum absolute atomic E-state index is 8.20. The Morgan fingerprint density at radius 3 is 2.42 bits per heavy atom. The molecule has 0 aliphatic heterocycles. The molecule has 1 unspecified atom stereocenters. The van der Waals surface area contributed by atoms with Gasteiger partial charge in [0, 0.05) is 0 Å². The zero-order chi connectivity index (χ0) is 9.56. The molecule has 0 heterocycles. The van der Waals surface area contributed by atoms with E-state index in [9.17, 15) is 0 Å². The van der Waals surface area contributed by atoms with Crippen molar-refractivity contribution < 1.29 is 10.1 Å².